The minimum Gasteiger partial charge on any atom is -0.319 e. The van der Waals surface area contributed by atoms with Crippen molar-refractivity contribution in [3.63, 3.8) is 0 Å². The smallest absolute Gasteiger partial charge is 0.164 e. The highest BCUT2D eigenvalue weighted by molar-refractivity contribution is 7.70. The second kappa shape index (κ2) is 18.9. The van der Waals surface area contributed by atoms with Gasteiger partial charge in [-0.3, -0.25) is 0 Å². The summed E-state index contributed by atoms with van der Waals surface area (Å²) in [5.41, 5.74) is 14.8. The largest absolute Gasteiger partial charge is 0.319 e. The molecule has 1 fully saturated rings. The number of nitrogens with zero attached hydrogens (tertiary/aromatic N) is 3. The van der Waals surface area contributed by atoms with Crippen molar-refractivity contribution in [3.8, 4) is 78.7 Å². The van der Waals surface area contributed by atoms with E-state index in [4.69, 9.17) is 15.0 Å². The lowest BCUT2D eigenvalue weighted by molar-refractivity contribution is 0.346. The molecule has 0 radical (unpaired) electrons. The number of fused-ring (bicyclic) bond motifs is 2. The molecule has 1 aliphatic rings. The molecular weight excluding hydrogens is 894 g/mol. The first-order valence-electron chi connectivity index (χ1n) is 25.2. The predicted octanol–water partition coefficient (Wildman–Crippen LogP) is 17.3. The molecule has 0 atom stereocenters. The van der Waals surface area contributed by atoms with Gasteiger partial charge in [-0.2, -0.15) is 0 Å². The second-order valence-electron chi connectivity index (χ2n) is 19.7. The van der Waals surface area contributed by atoms with Crippen LogP contribution in [0.15, 0.2) is 231 Å². The van der Waals surface area contributed by atoms with Crippen LogP contribution in [0.5, 0.6) is 0 Å². The Labute approximate surface area is 422 Å². The van der Waals surface area contributed by atoms with Crippen LogP contribution >= 0.6 is 7.14 Å². The van der Waals surface area contributed by atoms with Gasteiger partial charge >= 0.3 is 0 Å². The normalized spacial score (nSPS) is 13.6. The molecule has 4 nitrogen and oxygen atoms in total. The lowest BCUT2D eigenvalue weighted by atomic mass is 9.65. The van der Waals surface area contributed by atoms with Crippen LogP contribution in [0.4, 0.5) is 0 Å². The van der Waals surface area contributed by atoms with E-state index >= 15 is 0 Å². The third-order valence-electron chi connectivity index (χ3n) is 15.0. The Morgan fingerprint density at radius 1 is 0.319 bits per heavy atom. The van der Waals surface area contributed by atoms with E-state index in [1.165, 1.54) is 79.8 Å². The van der Waals surface area contributed by atoms with Gasteiger partial charge in [0, 0.05) is 27.4 Å². The first kappa shape index (κ1) is 45.1. The maximum absolute atomic E-state index is 13.0. The molecular formula is C67H54N3OP. The van der Waals surface area contributed by atoms with Gasteiger partial charge in [0.2, 0.25) is 0 Å². The fourth-order valence-electron chi connectivity index (χ4n) is 11.2. The molecule has 0 aliphatic heterocycles. The Bertz CT molecular complexity index is 3610. The molecule has 0 amide bonds. The summed E-state index contributed by atoms with van der Waals surface area (Å²) in [6.45, 7) is 3.67. The van der Waals surface area contributed by atoms with Crippen LogP contribution < -0.4 is 5.30 Å². The summed E-state index contributed by atoms with van der Waals surface area (Å²) >= 11 is 0. The zero-order chi connectivity index (χ0) is 48.7. The highest BCUT2D eigenvalue weighted by Gasteiger charge is 2.36. The van der Waals surface area contributed by atoms with Gasteiger partial charge in [0.05, 0.1) is 0 Å². The Morgan fingerprint density at radius 2 is 0.611 bits per heavy atom. The van der Waals surface area contributed by atoms with Crippen molar-refractivity contribution < 1.29 is 4.57 Å². The summed E-state index contributed by atoms with van der Waals surface area (Å²) < 4.78 is 13.0. The van der Waals surface area contributed by atoms with Crippen LogP contribution in [-0.2, 0) is 9.98 Å². The molecule has 1 heterocycles. The number of aromatic nitrogens is 3. The third-order valence-corrected chi connectivity index (χ3v) is 16.5. The predicted molar refractivity (Wildman–Crippen MR) is 302 cm³/mol. The molecule has 0 unspecified atom stereocenters. The molecule has 12 rings (SSSR count). The van der Waals surface area contributed by atoms with Gasteiger partial charge in [-0.15, -0.1) is 0 Å². The summed E-state index contributed by atoms with van der Waals surface area (Å²) in [4.78, 5) is 15.4. The van der Waals surface area contributed by atoms with Crippen molar-refractivity contribution >= 4 is 34.0 Å². The van der Waals surface area contributed by atoms with Gasteiger partial charge in [-0.1, -0.05) is 250 Å². The molecule has 5 heteroatoms. The van der Waals surface area contributed by atoms with Crippen LogP contribution in [0.25, 0.3) is 100 Å². The molecule has 348 valence electrons. The average molecular weight is 948 g/mol. The molecule has 1 aromatic heterocycles. The fourth-order valence-corrected chi connectivity index (χ4v) is 12.0. The van der Waals surface area contributed by atoms with Gasteiger partial charge in [-0.05, 0) is 103 Å². The van der Waals surface area contributed by atoms with Crippen LogP contribution in [0.1, 0.15) is 43.2 Å². The number of hydrogen-bond donors (Lipinski definition) is 0. The van der Waals surface area contributed by atoms with Crippen LogP contribution in [0, 0.1) is 0 Å². The standard InChI is InChI=1S/C67H54N3OP/c1-72(2,71)57-42-36-51(37-43-57)63-60-22-12-10-20-58(60)62(59-21-11-13-23-61(59)63)50-32-38-55(39-33-50)67(44-14-5-15-45-67)56-40-34-54(35-41-56)66-69-64(52-28-24-48(25-29-52)46-16-6-3-7-17-46)68-65(70-66)53-30-26-49(27-31-53)47-18-8-4-9-19-47/h3-4,6-13,16-43H,5,14-15,44-45H2,1-2H3. The van der Waals surface area contributed by atoms with E-state index in [2.05, 4.69) is 206 Å². The summed E-state index contributed by atoms with van der Waals surface area (Å²) in [5.74, 6) is 1.94. The maximum atomic E-state index is 13.0. The fraction of sp³-hybridized carbons (Fsp3) is 0.119. The summed E-state index contributed by atoms with van der Waals surface area (Å²) in [7, 11) is -2.38. The molecule has 0 N–H and O–H groups in total. The van der Waals surface area contributed by atoms with Crippen LogP contribution in [0.2, 0.25) is 0 Å². The summed E-state index contributed by atoms with van der Waals surface area (Å²) in [5, 5.41) is 5.77. The SMILES string of the molecule is CP(C)(=O)c1ccc(-c2c3ccccc3c(-c3ccc(C4(c5ccc(-c6nc(-c7ccc(-c8ccccc8)cc7)nc(-c7ccc(-c8ccccc8)cc7)n6)cc5)CCCCC4)cc3)c3ccccc23)cc1. The maximum Gasteiger partial charge on any atom is 0.164 e. The average Bonchev–Trinajstić information content (AvgIpc) is 3.45. The van der Waals surface area contributed by atoms with Crippen molar-refractivity contribution in [2.24, 2.45) is 0 Å². The van der Waals surface area contributed by atoms with E-state index in [0.717, 1.165) is 51.5 Å². The van der Waals surface area contributed by atoms with Gasteiger partial charge in [0.1, 0.15) is 7.14 Å². The van der Waals surface area contributed by atoms with Gasteiger partial charge < -0.3 is 4.57 Å². The topological polar surface area (TPSA) is 55.7 Å². The highest BCUT2D eigenvalue weighted by Crippen LogP contribution is 2.48. The molecule has 1 saturated carbocycles. The van der Waals surface area contributed by atoms with E-state index < -0.39 is 7.14 Å². The molecule has 1 aliphatic carbocycles. The zero-order valence-corrected chi connectivity index (χ0v) is 41.6. The van der Waals surface area contributed by atoms with Gasteiger partial charge in [0.25, 0.3) is 0 Å². The van der Waals surface area contributed by atoms with E-state index in [-0.39, 0.29) is 5.41 Å². The second-order valence-corrected chi connectivity index (χ2v) is 22.9. The lowest BCUT2D eigenvalue weighted by Gasteiger charge is -2.39. The van der Waals surface area contributed by atoms with Crippen molar-refractivity contribution in [1.82, 2.24) is 15.0 Å². The molecule has 10 aromatic carbocycles. The van der Waals surface area contributed by atoms with Crippen molar-refractivity contribution in [3.05, 3.63) is 242 Å². The third kappa shape index (κ3) is 8.56. The van der Waals surface area contributed by atoms with Crippen LogP contribution in [0.3, 0.4) is 0 Å². The van der Waals surface area contributed by atoms with Gasteiger partial charge in [-0.25, -0.2) is 15.0 Å². The quantitative estimate of drug-likeness (QED) is 0.101. The molecule has 11 aromatic rings. The lowest BCUT2D eigenvalue weighted by Crippen LogP contribution is -2.30. The Kier molecular flexibility index (Phi) is 11.9. The number of benzene rings is 10. The number of hydrogen-bond acceptors (Lipinski definition) is 4. The first-order chi connectivity index (χ1) is 35.3. The monoisotopic (exact) mass is 947 g/mol. The molecule has 72 heavy (non-hydrogen) atoms. The van der Waals surface area contributed by atoms with E-state index in [9.17, 15) is 4.57 Å². The molecule has 0 bridgehead atoms. The van der Waals surface area contributed by atoms with Crippen molar-refractivity contribution in [2.45, 2.75) is 37.5 Å². The van der Waals surface area contributed by atoms with Gasteiger partial charge in [0.15, 0.2) is 17.5 Å². The first-order valence-corrected chi connectivity index (χ1v) is 27.8. The van der Waals surface area contributed by atoms with Crippen molar-refractivity contribution in [2.75, 3.05) is 13.3 Å². The minimum absolute atomic E-state index is 0.118. The summed E-state index contributed by atoms with van der Waals surface area (Å²) in [6, 6.07) is 82.5. The van der Waals surface area contributed by atoms with E-state index in [1.54, 1.807) is 0 Å². The Morgan fingerprint density at radius 3 is 0.972 bits per heavy atom. The minimum atomic E-state index is -2.38. The van der Waals surface area contributed by atoms with E-state index in [1.807, 2.05) is 37.6 Å². The Hall–Kier alpha value is -8.04. The van der Waals surface area contributed by atoms with Crippen LogP contribution in [-0.4, -0.2) is 28.3 Å². The Balaban J connectivity index is 0.906. The highest BCUT2D eigenvalue weighted by atomic mass is 31.2. The van der Waals surface area contributed by atoms with E-state index in [0.29, 0.717) is 17.5 Å². The van der Waals surface area contributed by atoms with Crippen molar-refractivity contribution in [1.29, 1.82) is 0 Å². The summed E-state index contributed by atoms with van der Waals surface area (Å²) in [6.07, 6.45) is 5.79. The zero-order valence-electron chi connectivity index (χ0n) is 40.7. The number of rotatable bonds is 10. The molecule has 0 spiro atoms. The molecule has 0 saturated heterocycles.